The zero-order valence-electron chi connectivity index (χ0n) is 10.1. The maximum atomic E-state index is 13.6. The van der Waals surface area contributed by atoms with E-state index in [1.54, 1.807) is 0 Å². The number of carbonyl (C=O) groups is 1. The van der Waals surface area contributed by atoms with Gasteiger partial charge in [0, 0.05) is 0 Å². The summed E-state index contributed by atoms with van der Waals surface area (Å²) in [5.74, 6) is -3.50. The molecule has 0 saturated carbocycles. The molecule has 1 N–H and O–H groups in total. The van der Waals surface area contributed by atoms with Gasteiger partial charge in [-0.15, -0.1) is 0 Å². The summed E-state index contributed by atoms with van der Waals surface area (Å²) in [6.07, 6.45) is 0. The molecule has 0 aliphatic rings. The van der Waals surface area contributed by atoms with Crippen molar-refractivity contribution in [1.82, 2.24) is 4.98 Å². The molecule has 0 saturated heterocycles. The van der Waals surface area contributed by atoms with E-state index in [0.29, 0.717) is 12.1 Å². The standard InChI is InChI=1S/C12H6ClF2N3O3/c13-10-2-1-3-11(16-10)17-12(19)6-4-8(15)9(18(20)21)5-7(6)14/h1-5H,(H,16,17,19). The van der Waals surface area contributed by atoms with Gasteiger partial charge in [-0.2, -0.15) is 4.39 Å². The van der Waals surface area contributed by atoms with Crippen molar-refractivity contribution in [3.63, 3.8) is 0 Å². The number of amides is 1. The first-order valence-corrected chi connectivity index (χ1v) is 5.83. The lowest BCUT2D eigenvalue weighted by atomic mass is 10.1. The maximum Gasteiger partial charge on any atom is 0.307 e. The first kappa shape index (κ1) is 14.8. The van der Waals surface area contributed by atoms with Crippen molar-refractivity contribution in [3.8, 4) is 0 Å². The summed E-state index contributed by atoms with van der Waals surface area (Å²) in [5.41, 5.74) is -1.73. The van der Waals surface area contributed by atoms with Crippen LogP contribution in [0.25, 0.3) is 0 Å². The number of nitro benzene ring substituents is 1. The summed E-state index contributed by atoms with van der Waals surface area (Å²) in [7, 11) is 0. The van der Waals surface area contributed by atoms with Gasteiger partial charge in [-0.1, -0.05) is 17.7 Å². The Balaban J connectivity index is 2.31. The van der Waals surface area contributed by atoms with Crippen molar-refractivity contribution < 1.29 is 18.5 Å². The van der Waals surface area contributed by atoms with Crippen molar-refractivity contribution in [3.05, 3.63) is 62.8 Å². The molecular weight excluding hydrogens is 308 g/mol. The third-order valence-corrected chi connectivity index (χ3v) is 2.65. The van der Waals surface area contributed by atoms with E-state index in [1.165, 1.54) is 18.2 Å². The highest BCUT2D eigenvalue weighted by atomic mass is 35.5. The number of nitrogens with zero attached hydrogens (tertiary/aromatic N) is 2. The number of nitro groups is 1. The first-order valence-electron chi connectivity index (χ1n) is 5.46. The van der Waals surface area contributed by atoms with Crippen LogP contribution < -0.4 is 5.32 Å². The van der Waals surface area contributed by atoms with E-state index >= 15 is 0 Å². The number of halogens is 3. The predicted octanol–water partition coefficient (Wildman–Crippen LogP) is 3.17. The zero-order valence-corrected chi connectivity index (χ0v) is 10.9. The number of hydrogen-bond donors (Lipinski definition) is 1. The van der Waals surface area contributed by atoms with Crippen LogP contribution in [-0.4, -0.2) is 15.8 Å². The summed E-state index contributed by atoms with van der Waals surface area (Å²) in [6.45, 7) is 0. The van der Waals surface area contributed by atoms with Crippen LogP contribution in [0.3, 0.4) is 0 Å². The molecule has 108 valence electrons. The highest BCUT2D eigenvalue weighted by molar-refractivity contribution is 6.29. The van der Waals surface area contributed by atoms with Crippen LogP contribution in [-0.2, 0) is 0 Å². The van der Waals surface area contributed by atoms with Gasteiger partial charge in [-0.05, 0) is 18.2 Å². The molecule has 0 bridgehead atoms. The second-order valence-electron chi connectivity index (χ2n) is 3.84. The summed E-state index contributed by atoms with van der Waals surface area (Å²) < 4.78 is 27.1. The SMILES string of the molecule is O=C(Nc1cccc(Cl)n1)c1cc(F)c([N+](=O)[O-])cc1F. The monoisotopic (exact) mass is 313 g/mol. The number of anilines is 1. The molecule has 9 heteroatoms. The van der Waals surface area contributed by atoms with Crippen molar-refractivity contribution >= 4 is 29.0 Å². The maximum absolute atomic E-state index is 13.6. The Kier molecular flexibility index (Phi) is 4.08. The van der Waals surface area contributed by atoms with Gasteiger partial charge in [-0.25, -0.2) is 9.37 Å². The number of nitrogens with one attached hydrogen (secondary N) is 1. The van der Waals surface area contributed by atoms with E-state index in [4.69, 9.17) is 11.6 Å². The number of hydrogen-bond acceptors (Lipinski definition) is 4. The minimum atomic E-state index is -1.31. The Morgan fingerprint density at radius 2 is 2.00 bits per heavy atom. The van der Waals surface area contributed by atoms with Crippen LogP contribution >= 0.6 is 11.6 Å². The Morgan fingerprint density at radius 1 is 1.29 bits per heavy atom. The van der Waals surface area contributed by atoms with Gasteiger partial charge in [0.05, 0.1) is 16.6 Å². The van der Waals surface area contributed by atoms with Gasteiger partial charge in [0.15, 0.2) is 0 Å². The van der Waals surface area contributed by atoms with E-state index in [1.807, 2.05) is 0 Å². The first-order chi connectivity index (χ1) is 9.88. The molecule has 0 aliphatic carbocycles. The lowest BCUT2D eigenvalue weighted by Crippen LogP contribution is -2.15. The summed E-state index contributed by atoms with van der Waals surface area (Å²) >= 11 is 5.61. The van der Waals surface area contributed by atoms with Gasteiger partial charge < -0.3 is 5.32 Å². The predicted molar refractivity (Wildman–Crippen MR) is 70.2 cm³/mol. The van der Waals surface area contributed by atoms with Crippen LogP contribution in [0.15, 0.2) is 30.3 Å². The van der Waals surface area contributed by atoms with Gasteiger partial charge in [-0.3, -0.25) is 14.9 Å². The molecule has 0 spiro atoms. The molecule has 0 aliphatic heterocycles. The molecule has 6 nitrogen and oxygen atoms in total. The normalized spacial score (nSPS) is 10.2. The molecule has 1 amide bonds. The number of benzene rings is 1. The van der Waals surface area contributed by atoms with E-state index in [-0.39, 0.29) is 11.0 Å². The molecule has 21 heavy (non-hydrogen) atoms. The fourth-order valence-corrected chi connectivity index (χ4v) is 1.68. The second kappa shape index (κ2) is 5.80. The zero-order chi connectivity index (χ0) is 15.6. The second-order valence-corrected chi connectivity index (χ2v) is 4.23. The van der Waals surface area contributed by atoms with Gasteiger partial charge in [0.1, 0.15) is 16.8 Å². The van der Waals surface area contributed by atoms with E-state index in [2.05, 4.69) is 10.3 Å². The van der Waals surface area contributed by atoms with Crippen molar-refractivity contribution in [1.29, 1.82) is 0 Å². The molecule has 2 aromatic rings. The van der Waals surface area contributed by atoms with Crippen molar-refractivity contribution in [2.75, 3.05) is 5.32 Å². The fraction of sp³-hybridized carbons (Fsp3) is 0. The highest BCUT2D eigenvalue weighted by Crippen LogP contribution is 2.22. The molecule has 0 radical (unpaired) electrons. The van der Waals surface area contributed by atoms with Gasteiger partial charge >= 0.3 is 5.69 Å². The molecule has 0 fully saturated rings. The average Bonchev–Trinajstić information content (AvgIpc) is 2.40. The van der Waals surface area contributed by atoms with Crippen LogP contribution in [0.5, 0.6) is 0 Å². The molecular formula is C12H6ClF2N3O3. The lowest BCUT2D eigenvalue weighted by molar-refractivity contribution is -0.387. The Morgan fingerprint density at radius 3 is 2.62 bits per heavy atom. The molecule has 2 rings (SSSR count). The summed E-state index contributed by atoms with van der Waals surface area (Å²) in [6, 6.07) is 5.15. The molecule has 0 unspecified atom stereocenters. The van der Waals surface area contributed by atoms with Crippen LogP contribution in [0, 0.1) is 21.7 Å². The van der Waals surface area contributed by atoms with Crippen LogP contribution in [0.4, 0.5) is 20.3 Å². The Labute approximate surface area is 121 Å². The van der Waals surface area contributed by atoms with Crippen molar-refractivity contribution in [2.45, 2.75) is 0 Å². The fourth-order valence-electron chi connectivity index (χ4n) is 1.51. The van der Waals surface area contributed by atoms with E-state index < -0.39 is 33.7 Å². The largest absolute Gasteiger partial charge is 0.307 e. The number of aromatic nitrogens is 1. The van der Waals surface area contributed by atoms with Crippen LogP contribution in [0.1, 0.15) is 10.4 Å². The minimum Gasteiger partial charge on any atom is -0.306 e. The average molecular weight is 314 g/mol. The topological polar surface area (TPSA) is 85.1 Å². The van der Waals surface area contributed by atoms with E-state index in [9.17, 15) is 23.7 Å². The third-order valence-electron chi connectivity index (χ3n) is 2.43. The number of carbonyl (C=O) groups excluding carboxylic acids is 1. The number of pyridine rings is 1. The number of rotatable bonds is 3. The molecule has 1 aromatic carbocycles. The summed E-state index contributed by atoms with van der Waals surface area (Å²) in [4.78, 5) is 24.9. The molecule has 1 aromatic heterocycles. The molecule has 1 heterocycles. The smallest absolute Gasteiger partial charge is 0.306 e. The summed E-state index contributed by atoms with van der Waals surface area (Å²) in [5, 5.41) is 12.8. The van der Waals surface area contributed by atoms with Crippen molar-refractivity contribution in [2.24, 2.45) is 0 Å². The van der Waals surface area contributed by atoms with Gasteiger partial charge in [0.2, 0.25) is 5.82 Å². The molecule has 0 atom stereocenters. The minimum absolute atomic E-state index is 0.0330. The van der Waals surface area contributed by atoms with Crippen LogP contribution in [0.2, 0.25) is 5.15 Å². The lowest BCUT2D eigenvalue weighted by Gasteiger charge is -2.06. The third kappa shape index (κ3) is 3.29. The quantitative estimate of drug-likeness (QED) is 0.536. The van der Waals surface area contributed by atoms with Gasteiger partial charge in [0.25, 0.3) is 5.91 Å². The Bertz CT molecular complexity index is 740. The van der Waals surface area contributed by atoms with E-state index in [0.717, 1.165) is 0 Å². The highest BCUT2D eigenvalue weighted by Gasteiger charge is 2.22. The Hall–Kier alpha value is -2.61.